The van der Waals surface area contributed by atoms with Crippen molar-refractivity contribution in [2.75, 3.05) is 30.4 Å². The largest absolute Gasteiger partial charge is 0.398 e. The summed E-state index contributed by atoms with van der Waals surface area (Å²) in [6.07, 6.45) is 0.397. The summed E-state index contributed by atoms with van der Waals surface area (Å²) in [7, 11) is -3.10. The van der Waals surface area contributed by atoms with Gasteiger partial charge in [0.2, 0.25) is 0 Å². The van der Waals surface area contributed by atoms with Crippen LogP contribution in [0.4, 0.5) is 5.69 Å². The Morgan fingerprint density at radius 1 is 1.48 bits per heavy atom. The quantitative estimate of drug-likeness (QED) is 0.751. The molecule has 116 valence electrons. The van der Waals surface area contributed by atoms with Gasteiger partial charge in [0.15, 0.2) is 9.84 Å². The van der Waals surface area contributed by atoms with Gasteiger partial charge >= 0.3 is 0 Å². The number of nitrogens with two attached hydrogens (primary N) is 1. The molecule has 0 spiro atoms. The fourth-order valence-corrected chi connectivity index (χ4v) is 4.61. The van der Waals surface area contributed by atoms with E-state index in [0.717, 1.165) is 0 Å². The number of carbonyl (C=O) groups is 1. The molecule has 0 bridgehead atoms. The average molecular weight is 377 g/mol. The van der Waals surface area contributed by atoms with Gasteiger partial charge in [0, 0.05) is 18.3 Å². The van der Waals surface area contributed by atoms with E-state index in [2.05, 4.69) is 15.9 Å². The first-order chi connectivity index (χ1) is 9.85. The van der Waals surface area contributed by atoms with Crippen molar-refractivity contribution in [3.63, 3.8) is 0 Å². The Hall–Kier alpha value is -1.12. The molecule has 0 radical (unpaired) electrons. The Kier molecular flexibility index (Phi) is 4.90. The third kappa shape index (κ3) is 3.56. The number of anilines is 1. The summed E-state index contributed by atoms with van der Waals surface area (Å²) >= 11 is 3.28. The minimum absolute atomic E-state index is 0.0569. The number of halogens is 1. The topological polar surface area (TPSA) is 101 Å². The van der Waals surface area contributed by atoms with Crippen LogP contribution in [-0.4, -0.2) is 55.0 Å². The lowest BCUT2D eigenvalue weighted by Gasteiger charge is -2.28. The lowest BCUT2D eigenvalue weighted by Crippen LogP contribution is -2.43. The SMILES string of the molecule is Nc1cccc(C(=O)N(CCO)C2CCS(=O)(=O)C2)c1Br. The molecule has 1 atom stereocenters. The van der Waals surface area contributed by atoms with Crippen LogP contribution in [-0.2, 0) is 9.84 Å². The monoisotopic (exact) mass is 376 g/mol. The van der Waals surface area contributed by atoms with Crippen LogP contribution in [0, 0.1) is 0 Å². The van der Waals surface area contributed by atoms with E-state index in [4.69, 9.17) is 10.8 Å². The first kappa shape index (κ1) is 16.3. The number of rotatable bonds is 4. The fourth-order valence-electron chi connectivity index (χ4n) is 2.45. The summed E-state index contributed by atoms with van der Waals surface area (Å²) in [4.78, 5) is 14.1. The van der Waals surface area contributed by atoms with Gasteiger partial charge < -0.3 is 15.7 Å². The molecule has 1 aliphatic rings. The van der Waals surface area contributed by atoms with Crippen LogP contribution < -0.4 is 5.73 Å². The molecule has 1 fully saturated rings. The lowest BCUT2D eigenvalue weighted by molar-refractivity contribution is 0.0654. The van der Waals surface area contributed by atoms with Crippen molar-refractivity contribution in [2.24, 2.45) is 0 Å². The second-order valence-electron chi connectivity index (χ2n) is 4.99. The summed E-state index contributed by atoms with van der Waals surface area (Å²) < 4.78 is 23.7. The number of nitrogen functional groups attached to an aromatic ring is 1. The molecule has 1 amide bonds. The standard InChI is InChI=1S/C13H17BrN2O4S/c14-12-10(2-1-3-11(12)15)13(18)16(5-6-17)9-4-7-21(19,20)8-9/h1-3,9,17H,4-8,15H2. The number of hydrogen-bond acceptors (Lipinski definition) is 5. The summed E-state index contributed by atoms with van der Waals surface area (Å²) in [5, 5.41) is 9.17. The number of benzene rings is 1. The molecule has 0 aromatic heterocycles. The molecule has 21 heavy (non-hydrogen) atoms. The van der Waals surface area contributed by atoms with Crippen molar-refractivity contribution in [3.05, 3.63) is 28.2 Å². The smallest absolute Gasteiger partial charge is 0.255 e. The van der Waals surface area contributed by atoms with E-state index < -0.39 is 15.9 Å². The summed E-state index contributed by atoms with van der Waals surface area (Å²) in [6.45, 7) is -0.123. The van der Waals surface area contributed by atoms with Gasteiger partial charge in [-0.05, 0) is 34.5 Å². The lowest BCUT2D eigenvalue weighted by atomic mass is 10.1. The highest BCUT2D eigenvalue weighted by atomic mass is 79.9. The number of amides is 1. The molecule has 3 N–H and O–H groups in total. The first-order valence-corrected chi connectivity index (χ1v) is 9.13. The van der Waals surface area contributed by atoms with Crippen molar-refractivity contribution in [2.45, 2.75) is 12.5 Å². The second kappa shape index (κ2) is 6.33. The Bertz CT molecular complexity index is 648. The zero-order chi connectivity index (χ0) is 15.6. The number of sulfone groups is 1. The van der Waals surface area contributed by atoms with Crippen LogP contribution in [0.25, 0.3) is 0 Å². The van der Waals surface area contributed by atoms with Crippen molar-refractivity contribution in [1.29, 1.82) is 0 Å². The maximum Gasteiger partial charge on any atom is 0.255 e. The highest BCUT2D eigenvalue weighted by Gasteiger charge is 2.35. The van der Waals surface area contributed by atoms with Crippen LogP contribution in [0.15, 0.2) is 22.7 Å². The Morgan fingerprint density at radius 3 is 2.76 bits per heavy atom. The number of hydrogen-bond donors (Lipinski definition) is 2. The molecule has 1 saturated heterocycles. The fraction of sp³-hybridized carbons (Fsp3) is 0.462. The molecule has 6 nitrogen and oxygen atoms in total. The van der Waals surface area contributed by atoms with Gasteiger partial charge in [0.25, 0.3) is 5.91 Å². The molecular weight excluding hydrogens is 360 g/mol. The van der Waals surface area contributed by atoms with Crippen molar-refractivity contribution in [1.82, 2.24) is 4.90 Å². The van der Waals surface area contributed by atoms with E-state index >= 15 is 0 Å². The molecule has 1 aliphatic heterocycles. The molecule has 1 aromatic rings. The van der Waals surface area contributed by atoms with E-state index in [9.17, 15) is 13.2 Å². The zero-order valence-corrected chi connectivity index (χ0v) is 13.7. The van der Waals surface area contributed by atoms with Crippen LogP contribution in [0.1, 0.15) is 16.8 Å². The number of aliphatic hydroxyl groups is 1. The summed E-state index contributed by atoms with van der Waals surface area (Å²) in [6, 6.07) is 4.55. The van der Waals surface area contributed by atoms with E-state index in [1.165, 1.54) is 4.90 Å². The van der Waals surface area contributed by atoms with E-state index in [1.54, 1.807) is 18.2 Å². The van der Waals surface area contributed by atoms with E-state index in [1.807, 2.05) is 0 Å². The van der Waals surface area contributed by atoms with Crippen molar-refractivity contribution < 1.29 is 18.3 Å². The molecular formula is C13H17BrN2O4S. The molecule has 8 heteroatoms. The Balaban J connectivity index is 2.30. The van der Waals surface area contributed by atoms with Gasteiger partial charge in [0.05, 0.1) is 28.1 Å². The highest BCUT2D eigenvalue weighted by molar-refractivity contribution is 9.10. The third-order valence-electron chi connectivity index (χ3n) is 3.51. The summed E-state index contributed by atoms with van der Waals surface area (Å²) in [5.41, 5.74) is 6.57. The van der Waals surface area contributed by atoms with Gasteiger partial charge in [-0.3, -0.25) is 4.79 Å². The van der Waals surface area contributed by atoms with Crippen molar-refractivity contribution in [3.8, 4) is 0 Å². The van der Waals surface area contributed by atoms with Gasteiger partial charge in [-0.15, -0.1) is 0 Å². The van der Waals surface area contributed by atoms with E-state index in [0.29, 0.717) is 22.1 Å². The van der Waals surface area contributed by atoms with Gasteiger partial charge in [-0.2, -0.15) is 0 Å². The van der Waals surface area contributed by atoms with Gasteiger partial charge in [-0.25, -0.2) is 8.42 Å². The Morgan fingerprint density at radius 2 is 2.19 bits per heavy atom. The maximum atomic E-state index is 12.6. The molecule has 0 aliphatic carbocycles. The first-order valence-electron chi connectivity index (χ1n) is 6.52. The minimum Gasteiger partial charge on any atom is -0.398 e. The second-order valence-corrected chi connectivity index (χ2v) is 8.01. The third-order valence-corrected chi connectivity index (χ3v) is 6.15. The average Bonchev–Trinajstić information content (AvgIpc) is 2.78. The molecule has 0 saturated carbocycles. The van der Waals surface area contributed by atoms with E-state index in [-0.39, 0.29) is 30.6 Å². The normalized spacial score (nSPS) is 20.4. The number of nitrogens with zero attached hydrogens (tertiary/aromatic N) is 1. The molecule has 2 rings (SSSR count). The maximum absolute atomic E-state index is 12.6. The molecule has 1 unspecified atom stereocenters. The molecule has 1 aromatic carbocycles. The predicted octanol–water partition coefficient (Wildman–Crippen LogP) is 0.653. The van der Waals surface area contributed by atoms with Gasteiger partial charge in [0.1, 0.15) is 0 Å². The minimum atomic E-state index is -3.10. The summed E-state index contributed by atoms with van der Waals surface area (Å²) in [5.74, 6) is -0.311. The predicted molar refractivity (Wildman–Crippen MR) is 83.7 cm³/mol. The van der Waals surface area contributed by atoms with Crippen molar-refractivity contribution >= 4 is 37.4 Å². The molecule has 1 heterocycles. The van der Waals surface area contributed by atoms with Crippen LogP contribution >= 0.6 is 15.9 Å². The van der Waals surface area contributed by atoms with Crippen LogP contribution in [0.5, 0.6) is 0 Å². The number of carbonyl (C=O) groups excluding carboxylic acids is 1. The zero-order valence-electron chi connectivity index (χ0n) is 11.3. The van der Waals surface area contributed by atoms with Crippen LogP contribution in [0.2, 0.25) is 0 Å². The van der Waals surface area contributed by atoms with Crippen LogP contribution in [0.3, 0.4) is 0 Å². The Labute approximate surface area is 132 Å². The van der Waals surface area contributed by atoms with Gasteiger partial charge in [-0.1, -0.05) is 6.07 Å². The highest BCUT2D eigenvalue weighted by Crippen LogP contribution is 2.27. The number of aliphatic hydroxyl groups excluding tert-OH is 1.